The Morgan fingerprint density at radius 3 is 2.40 bits per heavy atom. The molecule has 0 aromatic rings. The van der Waals surface area contributed by atoms with Crippen molar-refractivity contribution in [2.75, 3.05) is 25.5 Å². The second kappa shape index (κ2) is 6.64. The molecule has 1 N–H and O–H groups in total. The molecule has 25 heavy (non-hydrogen) atoms. The van der Waals surface area contributed by atoms with Crippen molar-refractivity contribution in [2.45, 2.75) is 39.8 Å². The number of thioether (sulfide) groups is 1. The van der Waals surface area contributed by atoms with Gasteiger partial charge in [0.2, 0.25) is 5.91 Å². The lowest BCUT2D eigenvalue weighted by Crippen LogP contribution is -2.62. The minimum Gasteiger partial charge on any atom is -0.393 e. The minimum absolute atomic E-state index is 0.00396. The van der Waals surface area contributed by atoms with Crippen LogP contribution in [0.5, 0.6) is 0 Å². The van der Waals surface area contributed by atoms with E-state index in [2.05, 4.69) is 6.92 Å². The van der Waals surface area contributed by atoms with E-state index in [9.17, 15) is 19.5 Å². The summed E-state index contributed by atoms with van der Waals surface area (Å²) in [6, 6.07) is 0.00396. The molecule has 8 heteroatoms. The Labute approximate surface area is 152 Å². The van der Waals surface area contributed by atoms with Gasteiger partial charge in [0.05, 0.1) is 23.9 Å². The van der Waals surface area contributed by atoms with Gasteiger partial charge in [0.1, 0.15) is 0 Å². The Morgan fingerprint density at radius 2 is 1.80 bits per heavy atom. The SMILES string of the molecule is CCN1CCN(CSC2=C(C)N3C(=O)C(C(C)O)C3C2C)C(=O)C1=O. The van der Waals surface area contributed by atoms with Gasteiger partial charge in [-0.1, -0.05) is 6.92 Å². The van der Waals surface area contributed by atoms with E-state index in [1.807, 2.05) is 13.8 Å². The Balaban J connectivity index is 1.66. The van der Waals surface area contributed by atoms with Crippen molar-refractivity contribution in [2.24, 2.45) is 11.8 Å². The molecule has 3 heterocycles. The number of carbonyl (C=O) groups is 3. The molecule has 3 aliphatic heterocycles. The van der Waals surface area contributed by atoms with Gasteiger partial charge in [-0.05, 0) is 20.8 Å². The van der Waals surface area contributed by atoms with Crippen LogP contribution in [0.2, 0.25) is 0 Å². The fourth-order valence-electron chi connectivity index (χ4n) is 4.07. The molecule has 4 atom stereocenters. The summed E-state index contributed by atoms with van der Waals surface area (Å²) in [5.74, 6) is -0.724. The monoisotopic (exact) mass is 367 g/mol. The average Bonchev–Trinajstić information content (AvgIpc) is 2.75. The molecule has 3 amide bonds. The van der Waals surface area contributed by atoms with Crippen LogP contribution in [0.4, 0.5) is 0 Å². The van der Waals surface area contributed by atoms with E-state index in [-0.39, 0.29) is 23.8 Å². The molecule has 7 nitrogen and oxygen atoms in total. The third-order valence-corrected chi connectivity index (χ3v) is 6.93. The largest absolute Gasteiger partial charge is 0.393 e. The molecule has 0 radical (unpaired) electrons. The quantitative estimate of drug-likeness (QED) is 0.564. The Bertz CT molecular complexity index is 648. The highest BCUT2D eigenvalue weighted by Gasteiger charge is 2.57. The number of hydrogen-bond donors (Lipinski definition) is 1. The van der Waals surface area contributed by atoms with Gasteiger partial charge in [0, 0.05) is 36.2 Å². The number of piperazine rings is 1. The molecule has 138 valence electrons. The maximum Gasteiger partial charge on any atom is 0.312 e. The number of carbonyl (C=O) groups excluding carboxylic acids is 3. The summed E-state index contributed by atoms with van der Waals surface area (Å²) >= 11 is 1.52. The number of aliphatic hydroxyl groups excluding tert-OH is 1. The molecular weight excluding hydrogens is 342 g/mol. The molecule has 0 aliphatic carbocycles. The zero-order chi connectivity index (χ0) is 18.5. The number of amides is 3. The van der Waals surface area contributed by atoms with Crippen LogP contribution >= 0.6 is 11.8 Å². The number of β-lactam (4-membered cyclic amide) rings is 1. The Hall–Kier alpha value is -1.54. The van der Waals surface area contributed by atoms with Crippen LogP contribution in [0.15, 0.2) is 10.6 Å². The Kier molecular flexibility index (Phi) is 4.85. The molecule has 0 saturated carbocycles. The highest BCUT2D eigenvalue weighted by Crippen LogP contribution is 2.50. The molecule has 4 unspecified atom stereocenters. The Morgan fingerprint density at radius 1 is 1.20 bits per heavy atom. The maximum atomic E-state index is 12.3. The van der Waals surface area contributed by atoms with Gasteiger partial charge in [-0.15, -0.1) is 11.8 Å². The number of nitrogens with zero attached hydrogens (tertiary/aromatic N) is 3. The van der Waals surface area contributed by atoms with Gasteiger partial charge in [0.25, 0.3) is 0 Å². The third-order valence-electron chi connectivity index (χ3n) is 5.51. The zero-order valence-electron chi connectivity index (χ0n) is 15.1. The van der Waals surface area contributed by atoms with Crippen molar-refractivity contribution in [3.05, 3.63) is 10.6 Å². The lowest BCUT2D eigenvalue weighted by molar-refractivity contribution is -0.159. The first kappa shape index (κ1) is 18.3. The predicted molar refractivity (Wildman–Crippen MR) is 94.1 cm³/mol. The van der Waals surface area contributed by atoms with Crippen molar-refractivity contribution in [1.82, 2.24) is 14.7 Å². The molecule has 0 aromatic heterocycles. The van der Waals surface area contributed by atoms with Gasteiger partial charge >= 0.3 is 11.8 Å². The summed E-state index contributed by atoms with van der Waals surface area (Å²) in [7, 11) is 0. The number of fused-ring (bicyclic) bond motifs is 1. The topological polar surface area (TPSA) is 81.2 Å². The van der Waals surface area contributed by atoms with Crippen molar-refractivity contribution in [3.63, 3.8) is 0 Å². The fraction of sp³-hybridized carbons (Fsp3) is 0.706. The highest BCUT2D eigenvalue weighted by atomic mass is 32.2. The molecular formula is C17H25N3O4S. The molecule has 0 bridgehead atoms. The first-order valence-corrected chi connectivity index (χ1v) is 9.71. The van der Waals surface area contributed by atoms with Crippen LogP contribution < -0.4 is 0 Å². The van der Waals surface area contributed by atoms with E-state index in [0.717, 1.165) is 10.6 Å². The first-order chi connectivity index (χ1) is 11.8. The van der Waals surface area contributed by atoms with E-state index < -0.39 is 17.9 Å². The van der Waals surface area contributed by atoms with E-state index in [1.54, 1.807) is 21.6 Å². The van der Waals surface area contributed by atoms with Crippen LogP contribution in [0.25, 0.3) is 0 Å². The molecule has 2 saturated heterocycles. The second-order valence-electron chi connectivity index (χ2n) is 6.93. The smallest absolute Gasteiger partial charge is 0.312 e. The van der Waals surface area contributed by atoms with Crippen LogP contribution in [-0.4, -0.2) is 75.2 Å². The number of allylic oxidation sites excluding steroid dienone is 1. The first-order valence-electron chi connectivity index (χ1n) is 8.72. The third kappa shape index (κ3) is 2.75. The van der Waals surface area contributed by atoms with Crippen molar-refractivity contribution in [3.8, 4) is 0 Å². The minimum atomic E-state index is -0.658. The van der Waals surface area contributed by atoms with E-state index in [1.165, 1.54) is 11.8 Å². The van der Waals surface area contributed by atoms with E-state index in [0.29, 0.717) is 25.5 Å². The zero-order valence-corrected chi connectivity index (χ0v) is 15.9. The lowest BCUT2D eigenvalue weighted by atomic mass is 9.79. The van der Waals surface area contributed by atoms with E-state index >= 15 is 0 Å². The number of likely N-dealkylation sites (N-methyl/N-ethyl adjacent to an activating group) is 1. The number of aliphatic hydroxyl groups is 1. The van der Waals surface area contributed by atoms with Gasteiger partial charge < -0.3 is 19.8 Å². The fourth-order valence-corrected chi connectivity index (χ4v) is 5.32. The number of rotatable bonds is 5. The summed E-state index contributed by atoms with van der Waals surface area (Å²) in [5.41, 5.74) is 0.912. The summed E-state index contributed by atoms with van der Waals surface area (Å²) in [6.45, 7) is 9.14. The summed E-state index contributed by atoms with van der Waals surface area (Å²) in [5, 5.41) is 9.86. The number of hydrogen-bond acceptors (Lipinski definition) is 5. The van der Waals surface area contributed by atoms with Gasteiger partial charge in [-0.25, -0.2) is 0 Å². The van der Waals surface area contributed by atoms with Crippen LogP contribution in [0, 0.1) is 11.8 Å². The summed E-state index contributed by atoms with van der Waals surface area (Å²) in [6.07, 6.45) is -0.658. The van der Waals surface area contributed by atoms with Crippen LogP contribution in [0.1, 0.15) is 27.7 Å². The lowest BCUT2D eigenvalue weighted by Gasteiger charge is -2.46. The maximum absolute atomic E-state index is 12.3. The molecule has 0 aromatic carbocycles. The normalized spacial score (nSPS) is 30.8. The highest BCUT2D eigenvalue weighted by molar-refractivity contribution is 8.03. The van der Waals surface area contributed by atoms with Gasteiger partial charge in [0.15, 0.2) is 0 Å². The molecule has 2 fully saturated rings. The van der Waals surface area contributed by atoms with Crippen molar-refractivity contribution in [1.29, 1.82) is 0 Å². The van der Waals surface area contributed by atoms with Gasteiger partial charge in [-0.2, -0.15) is 0 Å². The van der Waals surface area contributed by atoms with Gasteiger partial charge in [-0.3, -0.25) is 14.4 Å². The molecule has 3 aliphatic rings. The molecule has 0 spiro atoms. The second-order valence-corrected chi connectivity index (χ2v) is 7.92. The van der Waals surface area contributed by atoms with Crippen LogP contribution in [-0.2, 0) is 14.4 Å². The van der Waals surface area contributed by atoms with Crippen molar-refractivity contribution >= 4 is 29.5 Å². The van der Waals surface area contributed by atoms with E-state index in [4.69, 9.17) is 0 Å². The van der Waals surface area contributed by atoms with Crippen molar-refractivity contribution < 1.29 is 19.5 Å². The van der Waals surface area contributed by atoms with Crippen LogP contribution in [0.3, 0.4) is 0 Å². The standard InChI is InChI=1S/C17H25N3O4S/c1-5-18-6-7-19(17(24)16(18)23)8-25-14-9(2)13-12(11(4)21)15(22)20(13)10(14)3/h9,11-13,21H,5-8H2,1-4H3. The average molecular weight is 367 g/mol. The molecule has 3 rings (SSSR count). The summed E-state index contributed by atoms with van der Waals surface area (Å²) < 4.78 is 0. The summed E-state index contributed by atoms with van der Waals surface area (Å²) in [4.78, 5) is 42.4. The predicted octanol–water partition coefficient (Wildman–Crippen LogP) is 0.457.